The predicted octanol–water partition coefficient (Wildman–Crippen LogP) is 3.86. The number of hydrogen-bond donors (Lipinski definition) is 1. The Hall–Kier alpha value is -3.25. The number of hydrogen-bond acceptors (Lipinski definition) is 9. The molecule has 4 heterocycles. The number of nitrogens with one attached hydrogen (secondary N) is 1. The summed E-state index contributed by atoms with van der Waals surface area (Å²) in [7, 11) is 4.20. The first-order valence-electron chi connectivity index (χ1n) is 13.7. The summed E-state index contributed by atoms with van der Waals surface area (Å²) >= 11 is 12.2. The lowest BCUT2D eigenvalue weighted by atomic mass is 9.98. The van der Waals surface area contributed by atoms with Crippen LogP contribution in [0.4, 0.5) is 11.4 Å². The fourth-order valence-electron chi connectivity index (χ4n) is 5.05. The highest BCUT2D eigenvalue weighted by Gasteiger charge is 2.25. The van der Waals surface area contributed by atoms with Gasteiger partial charge in [0.15, 0.2) is 5.69 Å². The molecule has 1 aromatic carbocycles. The third-order valence-corrected chi connectivity index (χ3v) is 8.37. The molecule has 0 bridgehead atoms. The van der Waals surface area contributed by atoms with Gasteiger partial charge in [0.25, 0.3) is 5.91 Å². The molecular weight excluding hydrogens is 567 g/mol. The van der Waals surface area contributed by atoms with Crippen LogP contribution in [0.3, 0.4) is 0 Å². The van der Waals surface area contributed by atoms with Gasteiger partial charge in [0, 0.05) is 31.9 Å². The van der Waals surface area contributed by atoms with Crippen molar-refractivity contribution in [3.63, 3.8) is 0 Å². The second kappa shape index (κ2) is 12.7. The first-order chi connectivity index (χ1) is 19.7. The van der Waals surface area contributed by atoms with E-state index in [2.05, 4.69) is 56.3 Å². The number of benzene rings is 1. The topological polar surface area (TPSA) is 109 Å². The Bertz CT molecular complexity index is 1410. The van der Waals surface area contributed by atoms with Gasteiger partial charge in [-0.2, -0.15) is 0 Å². The number of nitrogens with zero attached hydrogens (tertiary/aromatic N) is 7. The molecule has 0 saturated carbocycles. The molecule has 1 atom stereocenters. The number of rotatable bonds is 7. The first kappa shape index (κ1) is 29.2. The molecule has 41 heavy (non-hydrogen) atoms. The van der Waals surface area contributed by atoms with Gasteiger partial charge in [0.2, 0.25) is 0 Å². The molecule has 1 N–H and O–H groups in total. The number of amides is 1. The van der Waals surface area contributed by atoms with E-state index in [1.54, 1.807) is 6.07 Å². The third-order valence-electron chi connectivity index (χ3n) is 7.85. The average molecular weight is 602 g/mol. The van der Waals surface area contributed by atoms with E-state index in [9.17, 15) is 9.59 Å². The van der Waals surface area contributed by atoms with Gasteiger partial charge >= 0.3 is 5.97 Å². The Morgan fingerprint density at radius 3 is 2.61 bits per heavy atom. The van der Waals surface area contributed by atoms with Crippen molar-refractivity contribution in [3.05, 3.63) is 58.1 Å². The number of carbonyl (C=O) groups is 2. The summed E-state index contributed by atoms with van der Waals surface area (Å²) in [5, 5.41) is 11.6. The Morgan fingerprint density at radius 2 is 1.88 bits per heavy atom. The zero-order valence-corrected chi connectivity index (χ0v) is 24.9. The Balaban J connectivity index is 1.36. The minimum Gasteiger partial charge on any atom is -0.461 e. The molecular formula is C28H34Cl2N8O3. The number of anilines is 2. The van der Waals surface area contributed by atoms with Gasteiger partial charge in [-0.15, -0.1) is 5.10 Å². The van der Waals surface area contributed by atoms with Crippen LogP contribution in [0.5, 0.6) is 0 Å². The van der Waals surface area contributed by atoms with Crippen LogP contribution >= 0.6 is 23.2 Å². The molecule has 3 aromatic rings. The number of halogens is 2. The average Bonchev–Trinajstić information content (AvgIpc) is 3.45. The number of piperazine rings is 1. The molecule has 2 aliphatic rings. The molecule has 0 unspecified atom stereocenters. The highest BCUT2D eigenvalue weighted by molar-refractivity contribution is 6.36. The molecule has 1 amide bonds. The lowest BCUT2D eigenvalue weighted by Gasteiger charge is -2.39. The normalized spacial score (nSPS) is 18.9. The summed E-state index contributed by atoms with van der Waals surface area (Å²) in [5.74, 6) is -0.571. The number of ether oxygens (including phenoxy) is 1. The number of piperidine rings is 1. The van der Waals surface area contributed by atoms with E-state index in [0.29, 0.717) is 29.9 Å². The highest BCUT2D eigenvalue weighted by atomic mass is 35.5. The molecule has 218 valence electrons. The number of pyridine rings is 1. The van der Waals surface area contributed by atoms with Crippen LogP contribution < -0.4 is 10.2 Å². The van der Waals surface area contributed by atoms with Crippen LogP contribution in [-0.2, 0) is 4.74 Å². The van der Waals surface area contributed by atoms with Crippen LogP contribution in [0, 0.1) is 5.92 Å². The van der Waals surface area contributed by atoms with E-state index in [1.165, 1.54) is 23.1 Å². The zero-order chi connectivity index (χ0) is 29.1. The Kier molecular flexibility index (Phi) is 9.08. The van der Waals surface area contributed by atoms with Gasteiger partial charge in [-0.1, -0.05) is 28.4 Å². The van der Waals surface area contributed by atoms with Crippen LogP contribution in [-0.4, -0.2) is 101 Å². The van der Waals surface area contributed by atoms with Crippen molar-refractivity contribution in [2.45, 2.75) is 25.8 Å². The van der Waals surface area contributed by atoms with E-state index in [0.717, 1.165) is 51.3 Å². The molecule has 5 rings (SSSR count). The van der Waals surface area contributed by atoms with Crippen molar-refractivity contribution in [2.24, 2.45) is 5.92 Å². The van der Waals surface area contributed by atoms with Crippen LogP contribution in [0.1, 0.15) is 40.6 Å². The molecule has 0 radical (unpaired) electrons. The molecule has 2 aliphatic heterocycles. The van der Waals surface area contributed by atoms with Gasteiger partial charge in [-0.25, -0.2) is 14.5 Å². The number of aromatic nitrogens is 4. The van der Waals surface area contributed by atoms with Crippen molar-refractivity contribution >= 4 is 46.5 Å². The molecule has 13 heteroatoms. The van der Waals surface area contributed by atoms with Crippen molar-refractivity contribution in [3.8, 4) is 5.69 Å². The van der Waals surface area contributed by atoms with Crippen LogP contribution in [0.15, 0.2) is 36.7 Å². The molecule has 0 spiro atoms. The predicted molar refractivity (Wildman–Crippen MR) is 158 cm³/mol. The van der Waals surface area contributed by atoms with Crippen LogP contribution in [0.25, 0.3) is 5.69 Å². The van der Waals surface area contributed by atoms with E-state index < -0.39 is 11.9 Å². The van der Waals surface area contributed by atoms with Crippen molar-refractivity contribution in [1.82, 2.24) is 29.8 Å². The fraction of sp³-hybridized carbons (Fsp3) is 0.464. The molecule has 11 nitrogen and oxygen atoms in total. The van der Waals surface area contributed by atoms with Gasteiger partial charge in [-0.3, -0.25) is 4.79 Å². The third kappa shape index (κ3) is 6.98. The van der Waals surface area contributed by atoms with Gasteiger partial charge < -0.3 is 24.8 Å². The van der Waals surface area contributed by atoms with E-state index in [1.807, 2.05) is 12.1 Å². The Morgan fingerprint density at radius 1 is 1.10 bits per heavy atom. The maximum Gasteiger partial charge on any atom is 0.360 e. The second-order valence-corrected chi connectivity index (χ2v) is 11.6. The monoisotopic (exact) mass is 600 g/mol. The van der Waals surface area contributed by atoms with Crippen molar-refractivity contribution in [1.29, 1.82) is 0 Å². The summed E-state index contributed by atoms with van der Waals surface area (Å²) in [6.07, 6.45) is 4.89. The van der Waals surface area contributed by atoms with Gasteiger partial charge in [-0.05, 0) is 77.1 Å². The van der Waals surface area contributed by atoms with Gasteiger partial charge in [0.05, 0.1) is 40.5 Å². The summed E-state index contributed by atoms with van der Waals surface area (Å²) in [4.78, 5) is 36.8. The minimum atomic E-state index is -0.503. The number of likely N-dealkylation sites (tertiary alicyclic amines) is 1. The second-order valence-electron chi connectivity index (χ2n) is 10.8. The molecule has 2 aromatic heterocycles. The van der Waals surface area contributed by atoms with Crippen molar-refractivity contribution < 1.29 is 14.3 Å². The van der Waals surface area contributed by atoms with E-state index >= 15 is 0 Å². The summed E-state index contributed by atoms with van der Waals surface area (Å²) in [6.45, 7) is 7.01. The maximum absolute atomic E-state index is 13.3. The van der Waals surface area contributed by atoms with Gasteiger partial charge in [0.1, 0.15) is 5.15 Å². The molecule has 0 aliphatic carbocycles. The standard InChI is InChI=1S/C28H34Cl2N8O3/c1-18-15-37(11-10-36(18)3)25-5-4-20(12-23(25)32-27(39)21-14-31-26(30)13-22(21)29)38-16-24(33-34-38)28(40)41-17-19-6-8-35(2)9-7-19/h4-5,12-14,16,18-19H,6-11,15,17H2,1-3H3,(H,32,39)/t18-/m0/s1. The maximum atomic E-state index is 13.3. The molecule has 2 fully saturated rings. The van der Waals surface area contributed by atoms with E-state index in [4.69, 9.17) is 27.9 Å². The zero-order valence-electron chi connectivity index (χ0n) is 23.4. The van der Waals surface area contributed by atoms with Crippen LogP contribution in [0.2, 0.25) is 10.2 Å². The molecule has 2 saturated heterocycles. The SMILES string of the molecule is C[C@H]1CN(c2ccc(-n3cc(C(=O)OCC4CCN(C)CC4)nn3)cc2NC(=O)c2cnc(Cl)cc2Cl)CCN1C. The minimum absolute atomic E-state index is 0.125. The first-order valence-corrected chi connectivity index (χ1v) is 14.4. The highest BCUT2D eigenvalue weighted by Crippen LogP contribution is 2.31. The largest absolute Gasteiger partial charge is 0.461 e. The van der Waals surface area contributed by atoms with Crippen molar-refractivity contribution in [2.75, 3.05) is 63.6 Å². The summed E-state index contributed by atoms with van der Waals surface area (Å²) in [5.41, 5.74) is 2.37. The quantitative estimate of drug-likeness (QED) is 0.319. The number of esters is 1. The number of likely N-dealkylation sites (N-methyl/N-ethyl adjacent to an activating group) is 1. The fourth-order valence-corrected chi connectivity index (χ4v) is 5.51. The smallest absolute Gasteiger partial charge is 0.360 e. The summed E-state index contributed by atoms with van der Waals surface area (Å²) in [6, 6.07) is 7.38. The summed E-state index contributed by atoms with van der Waals surface area (Å²) < 4.78 is 7.04. The van der Waals surface area contributed by atoms with E-state index in [-0.39, 0.29) is 21.4 Å². The lowest BCUT2D eigenvalue weighted by Crippen LogP contribution is -2.50. The number of carbonyl (C=O) groups excluding carboxylic acids is 2. The Labute approximate surface area is 249 Å². The lowest BCUT2D eigenvalue weighted by molar-refractivity contribution is 0.0377.